The summed E-state index contributed by atoms with van der Waals surface area (Å²) in [5, 5.41) is 9.14. The van der Waals surface area contributed by atoms with Crippen LogP contribution in [0.2, 0.25) is 0 Å². The maximum Gasteiger partial charge on any atom is 0.336 e. The summed E-state index contributed by atoms with van der Waals surface area (Å²) in [5.41, 5.74) is 2.35. The fourth-order valence-corrected chi connectivity index (χ4v) is 2.01. The van der Waals surface area contributed by atoms with E-state index in [2.05, 4.69) is 9.88 Å². The molecule has 4 nitrogen and oxygen atoms in total. The topological polar surface area (TPSA) is 53.4 Å². The highest BCUT2D eigenvalue weighted by Crippen LogP contribution is 2.12. The lowest BCUT2D eigenvalue weighted by molar-refractivity contribution is 0.0694. The first kappa shape index (κ1) is 13.2. The van der Waals surface area contributed by atoms with E-state index in [0.717, 1.165) is 17.7 Å². The molecule has 1 aromatic heterocycles. The number of nitrogens with zero attached hydrogens (tertiary/aromatic N) is 2. The van der Waals surface area contributed by atoms with Crippen molar-refractivity contribution in [3.05, 3.63) is 65.5 Å². The summed E-state index contributed by atoms with van der Waals surface area (Å²) in [6, 6.07) is 11.0. The van der Waals surface area contributed by atoms with Crippen LogP contribution in [0.4, 0.5) is 0 Å². The SMILES string of the molecule is CN(Cc1ccncc1)Cc1ccccc1C(=O)O. The zero-order valence-corrected chi connectivity index (χ0v) is 10.8. The number of pyridine rings is 1. The Labute approximate surface area is 112 Å². The highest BCUT2D eigenvalue weighted by Gasteiger charge is 2.10. The third kappa shape index (κ3) is 3.63. The van der Waals surface area contributed by atoms with E-state index in [1.54, 1.807) is 24.5 Å². The largest absolute Gasteiger partial charge is 0.478 e. The predicted octanol–water partition coefficient (Wildman–Crippen LogP) is 2.41. The van der Waals surface area contributed by atoms with Gasteiger partial charge in [0.15, 0.2) is 0 Å². The molecule has 0 saturated carbocycles. The number of aromatic carboxylic acids is 1. The molecule has 0 saturated heterocycles. The highest BCUT2D eigenvalue weighted by molar-refractivity contribution is 5.89. The van der Waals surface area contributed by atoms with Gasteiger partial charge in [-0.1, -0.05) is 18.2 Å². The third-order valence-corrected chi connectivity index (χ3v) is 2.89. The van der Waals surface area contributed by atoms with Crippen LogP contribution in [0.25, 0.3) is 0 Å². The second kappa shape index (κ2) is 6.11. The van der Waals surface area contributed by atoms with Gasteiger partial charge < -0.3 is 5.11 Å². The van der Waals surface area contributed by atoms with E-state index in [1.165, 1.54) is 0 Å². The molecule has 19 heavy (non-hydrogen) atoms. The van der Waals surface area contributed by atoms with Gasteiger partial charge in [0.1, 0.15) is 0 Å². The Balaban J connectivity index is 2.07. The van der Waals surface area contributed by atoms with E-state index in [9.17, 15) is 4.79 Å². The lowest BCUT2D eigenvalue weighted by Gasteiger charge is -2.17. The van der Waals surface area contributed by atoms with Crippen LogP contribution >= 0.6 is 0 Å². The molecule has 1 N–H and O–H groups in total. The van der Waals surface area contributed by atoms with Crippen molar-refractivity contribution in [1.29, 1.82) is 0 Å². The van der Waals surface area contributed by atoms with Crippen LogP contribution in [0.5, 0.6) is 0 Å². The van der Waals surface area contributed by atoms with Crippen molar-refractivity contribution >= 4 is 5.97 Å². The molecule has 1 heterocycles. The summed E-state index contributed by atoms with van der Waals surface area (Å²) >= 11 is 0. The van der Waals surface area contributed by atoms with Crippen LogP contribution in [-0.2, 0) is 13.1 Å². The van der Waals surface area contributed by atoms with Gasteiger partial charge in [-0.05, 0) is 36.4 Å². The molecule has 0 atom stereocenters. The van der Waals surface area contributed by atoms with E-state index >= 15 is 0 Å². The Bertz CT molecular complexity index is 555. The van der Waals surface area contributed by atoms with Gasteiger partial charge in [0.05, 0.1) is 5.56 Å². The Morgan fingerprint density at radius 1 is 1.16 bits per heavy atom. The molecule has 0 aliphatic carbocycles. The minimum absolute atomic E-state index is 0.365. The number of benzene rings is 1. The van der Waals surface area contributed by atoms with Crippen molar-refractivity contribution in [2.75, 3.05) is 7.05 Å². The van der Waals surface area contributed by atoms with E-state index in [0.29, 0.717) is 12.1 Å². The molecule has 1 aromatic carbocycles. The van der Waals surface area contributed by atoms with Crippen molar-refractivity contribution in [2.45, 2.75) is 13.1 Å². The summed E-state index contributed by atoms with van der Waals surface area (Å²) in [7, 11) is 1.97. The summed E-state index contributed by atoms with van der Waals surface area (Å²) in [6.45, 7) is 1.36. The van der Waals surface area contributed by atoms with Gasteiger partial charge in [-0.25, -0.2) is 4.79 Å². The lowest BCUT2D eigenvalue weighted by atomic mass is 10.1. The minimum Gasteiger partial charge on any atom is -0.478 e. The molecule has 0 aliphatic heterocycles. The quantitative estimate of drug-likeness (QED) is 0.892. The molecular weight excluding hydrogens is 240 g/mol. The molecule has 0 radical (unpaired) electrons. The van der Waals surface area contributed by atoms with Gasteiger partial charge in [0.25, 0.3) is 0 Å². The normalized spacial score (nSPS) is 10.6. The van der Waals surface area contributed by atoms with Crippen molar-refractivity contribution in [3.63, 3.8) is 0 Å². The number of hydrogen-bond donors (Lipinski definition) is 1. The summed E-state index contributed by atoms with van der Waals surface area (Å²) < 4.78 is 0. The average Bonchev–Trinajstić information content (AvgIpc) is 2.40. The second-order valence-electron chi connectivity index (χ2n) is 4.49. The average molecular weight is 256 g/mol. The first-order chi connectivity index (χ1) is 9.16. The van der Waals surface area contributed by atoms with E-state index in [1.807, 2.05) is 31.3 Å². The maximum atomic E-state index is 11.1. The first-order valence-electron chi connectivity index (χ1n) is 6.05. The lowest BCUT2D eigenvalue weighted by Crippen LogP contribution is -2.19. The number of carboxylic acid groups (broad SMARTS) is 1. The monoisotopic (exact) mass is 256 g/mol. The number of hydrogen-bond acceptors (Lipinski definition) is 3. The van der Waals surface area contributed by atoms with E-state index < -0.39 is 5.97 Å². The molecule has 2 aromatic rings. The second-order valence-corrected chi connectivity index (χ2v) is 4.49. The number of aromatic nitrogens is 1. The molecule has 98 valence electrons. The smallest absolute Gasteiger partial charge is 0.336 e. The van der Waals surface area contributed by atoms with Crippen molar-refractivity contribution in [3.8, 4) is 0 Å². The van der Waals surface area contributed by atoms with Gasteiger partial charge in [-0.3, -0.25) is 9.88 Å². The van der Waals surface area contributed by atoms with Gasteiger partial charge in [0.2, 0.25) is 0 Å². The van der Waals surface area contributed by atoms with Gasteiger partial charge in [-0.2, -0.15) is 0 Å². The molecule has 0 aliphatic rings. The van der Waals surface area contributed by atoms with Crippen molar-refractivity contribution in [2.24, 2.45) is 0 Å². The molecule has 0 unspecified atom stereocenters. The van der Waals surface area contributed by atoms with Crippen molar-refractivity contribution in [1.82, 2.24) is 9.88 Å². The third-order valence-electron chi connectivity index (χ3n) is 2.89. The van der Waals surface area contributed by atoms with Crippen LogP contribution < -0.4 is 0 Å². The van der Waals surface area contributed by atoms with E-state index in [-0.39, 0.29) is 0 Å². The number of carbonyl (C=O) groups is 1. The zero-order valence-electron chi connectivity index (χ0n) is 10.8. The molecule has 0 fully saturated rings. The maximum absolute atomic E-state index is 11.1. The molecular formula is C15H16N2O2. The van der Waals surface area contributed by atoms with Crippen LogP contribution in [0.3, 0.4) is 0 Å². The summed E-state index contributed by atoms with van der Waals surface area (Å²) in [4.78, 5) is 17.2. The summed E-state index contributed by atoms with van der Waals surface area (Å²) in [6.07, 6.45) is 3.52. The van der Waals surface area contributed by atoms with E-state index in [4.69, 9.17) is 5.11 Å². The Morgan fingerprint density at radius 2 is 1.84 bits per heavy atom. The van der Waals surface area contributed by atoms with Gasteiger partial charge in [0, 0.05) is 25.5 Å². The number of carboxylic acids is 1. The molecule has 2 rings (SSSR count). The fraction of sp³-hybridized carbons (Fsp3) is 0.200. The molecule has 0 bridgehead atoms. The number of rotatable bonds is 5. The Kier molecular flexibility index (Phi) is 4.26. The van der Waals surface area contributed by atoms with Crippen LogP contribution in [-0.4, -0.2) is 28.0 Å². The molecule has 4 heteroatoms. The minimum atomic E-state index is -0.882. The van der Waals surface area contributed by atoms with Crippen molar-refractivity contribution < 1.29 is 9.90 Å². The fourth-order valence-electron chi connectivity index (χ4n) is 2.01. The van der Waals surface area contributed by atoms with Gasteiger partial charge >= 0.3 is 5.97 Å². The first-order valence-corrected chi connectivity index (χ1v) is 6.05. The Morgan fingerprint density at radius 3 is 2.53 bits per heavy atom. The predicted molar refractivity (Wildman–Crippen MR) is 72.8 cm³/mol. The highest BCUT2D eigenvalue weighted by atomic mass is 16.4. The molecule has 0 amide bonds. The van der Waals surface area contributed by atoms with Crippen LogP contribution in [0.1, 0.15) is 21.5 Å². The Hall–Kier alpha value is -2.20. The van der Waals surface area contributed by atoms with Gasteiger partial charge in [-0.15, -0.1) is 0 Å². The van der Waals surface area contributed by atoms with Crippen LogP contribution in [0, 0.1) is 0 Å². The summed E-state index contributed by atoms with van der Waals surface area (Å²) in [5.74, 6) is -0.882. The van der Waals surface area contributed by atoms with Crippen LogP contribution in [0.15, 0.2) is 48.8 Å². The zero-order chi connectivity index (χ0) is 13.7. The standard InChI is InChI=1S/C15H16N2O2/c1-17(10-12-6-8-16-9-7-12)11-13-4-2-3-5-14(13)15(18)19/h2-9H,10-11H2,1H3,(H,18,19). The molecule has 0 spiro atoms.